The number of guanidine groups is 1. The van der Waals surface area contributed by atoms with Gasteiger partial charge in [0, 0.05) is 32.1 Å². The summed E-state index contributed by atoms with van der Waals surface area (Å²) in [6.45, 7) is 10.6. The first-order valence-electron chi connectivity index (χ1n) is 10.7. The van der Waals surface area contributed by atoms with Crippen molar-refractivity contribution in [1.29, 1.82) is 0 Å². The molecule has 1 aromatic heterocycles. The van der Waals surface area contributed by atoms with E-state index in [1.165, 1.54) is 0 Å². The minimum Gasteiger partial charge on any atom is -0.444 e. The van der Waals surface area contributed by atoms with E-state index in [0.717, 1.165) is 35.4 Å². The molecule has 1 unspecified atom stereocenters. The second-order valence-electron chi connectivity index (χ2n) is 8.15. The van der Waals surface area contributed by atoms with Crippen molar-refractivity contribution >= 4 is 12.1 Å². The minimum absolute atomic E-state index is 0.289. The second kappa shape index (κ2) is 11.4. The highest BCUT2D eigenvalue weighted by Crippen LogP contribution is 2.16. The summed E-state index contributed by atoms with van der Waals surface area (Å²) >= 11 is 0. The van der Waals surface area contributed by atoms with Gasteiger partial charge in [0.05, 0.1) is 11.7 Å². The van der Waals surface area contributed by atoms with E-state index in [1.807, 2.05) is 58.0 Å². The lowest BCUT2D eigenvalue weighted by atomic mass is 10.1. The fraction of sp³-hybridized carbons (Fsp3) is 0.522. The van der Waals surface area contributed by atoms with Crippen LogP contribution in [0.4, 0.5) is 4.79 Å². The van der Waals surface area contributed by atoms with E-state index in [0.29, 0.717) is 19.0 Å². The first-order valence-corrected chi connectivity index (χ1v) is 10.7. The van der Waals surface area contributed by atoms with Crippen LogP contribution in [0.5, 0.6) is 0 Å². The van der Waals surface area contributed by atoms with Crippen LogP contribution in [0, 0.1) is 0 Å². The number of aromatic nitrogens is 1. The third kappa shape index (κ3) is 7.62. The number of rotatable bonds is 8. The standard InChI is InChI=1S/C23H35N5O3/c1-7-18-17(20(8-2)31-28-18)14-25-21(24-6)26-15-19(16-12-10-9-11-13-16)27-22(29)30-23(3,4)5/h9-13,19H,7-8,14-15H2,1-6H3,(H,27,29)(H2,24,25,26). The summed E-state index contributed by atoms with van der Waals surface area (Å²) < 4.78 is 10.9. The van der Waals surface area contributed by atoms with Crippen LogP contribution in [-0.2, 0) is 24.1 Å². The number of carbonyl (C=O) groups excluding carboxylic acids is 1. The third-order valence-corrected chi connectivity index (χ3v) is 4.63. The zero-order valence-electron chi connectivity index (χ0n) is 19.4. The van der Waals surface area contributed by atoms with E-state index in [9.17, 15) is 4.79 Å². The number of alkyl carbamates (subject to hydrolysis) is 1. The average Bonchev–Trinajstić information content (AvgIpc) is 3.14. The summed E-state index contributed by atoms with van der Waals surface area (Å²) in [6.07, 6.45) is 1.13. The summed E-state index contributed by atoms with van der Waals surface area (Å²) in [5, 5.41) is 13.7. The van der Waals surface area contributed by atoms with Crippen molar-refractivity contribution in [2.75, 3.05) is 13.6 Å². The van der Waals surface area contributed by atoms with Gasteiger partial charge in [0.15, 0.2) is 5.96 Å². The smallest absolute Gasteiger partial charge is 0.408 e. The molecular formula is C23H35N5O3. The Balaban J connectivity index is 2.03. The molecule has 0 aliphatic carbocycles. The van der Waals surface area contributed by atoms with Crippen LogP contribution < -0.4 is 16.0 Å². The third-order valence-electron chi connectivity index (χ3n) is 4.63. The van der Waals surface area contributed by atoms with Crippen molar-refractivity contribution in [3.63, 3.8) is 0 Å². The molecule has 170 valence electrons. The summed E-state index contributed by atoms with van der Waals surface area (Å²) in [5.74, 6) is 1.51. The van der Waals surface area contributed by atoms with Crippen LogP contribution >= 0.6 is 0 Å². The molecule has 8 nitrogen and oxygen atoms in total. The number of hydrogen-bond donors (Lipinski definition) is 3. The lowest BCUT2D eigenvalue weighted by Crippen LogP contribution is -2.44. The van der Waals surface area contributed by atoms with Gasteiger partial charge in [0.2, 0.25) is 0 Å². The molecule has 0 radical (unpaired) electrons. The molecule has 8 heteroatoms. The van der Waals surface area contributed by atoms with Crippen LogP contribution in [0.3, 0.4) is 0 Å². The summed E-state index contributed by atoms with van der Waals surface area (Å²) in [4.78, 5) is 16.7. The van der Waals surface area contributed by atoms with Crippen molar-refractivity contribution in [2.45, 2.75) is 65.6 Å². The average molecular weight is 430 g/mol. The van der Waals surface area contributed by atoms with E-state index < -0.39 is 11.7 Å². The summed E-state index contributed by atoms with van der Waals surface area (Å²) in [5.41, 5.74) is 2.42. The predicted molar refractivity (Wildman–Crippen MR) is 122 cm³/mol. The number of amides is 1. The van der Waals surface area contributed by atoms with Crippen molar-refractivity contribution in [2.24, 2.45) is 4.99 Å². The molecule has 3 N–H and O–H groups in total. The fourth-order valence-corrected chi connectivity index (χ4v) is 3.12. The number of nitrogens with one attached hydrogen (secondary N) is 3. The molecule has 0 aliphatic rings. The highest BCUT2D eigenvalue weighted by molar-refractivity contribution is 5.79. The van der Waals surface area contributed by atoms with E-state index in [-0.39, 0.29) is 6.04 Å². The zero-order valence-corrected chi connectivity index (χ0v) is 19.4. The molecular weight excluding hydrogens is 394 g/mol. The number of carbonyl (C=O) groups is 1. The normalized spacial score (nSPS) is 12.9. The van der Waals surface area contributed by atoms with Crippen LogP contribution in [0.15, 0.2) is 39.8 Å². The number of benzene rings is 1. The quantitative estimate of drug-likeness (QED) is 0.437. The van der Waals surface area contributed by atoms with Crippen molar-refractivity contribution in [3.05, 3.63) is 52.9 Å². The molecule has 0 bridgehead atoms. The van der Waals surface area contributed by atoms with E-state index in [2.05, 4.69) is 33.0 Å². The highest BCUT2D eigenvalue weighted by atomic mass is 16.6. The largest absolute Gasteiger partial charge is 0.444 e. The maximum atomic E-state index is 12.4. The topological polar surface area (TPSA) is 101 Å². The minimum atomic E-state index is -0.567. The SMILES string of the molecule is CCc1noc(CC)c1CNC(=NC)NCC(NC(=O)OC(C)(C)C)c1ccccc1. The predicted octanol–water partition coefficient (Wildman–Crippen LogP) is 3.73. The van der Waals surface area contributed by atoms with Gasteiger partial charge in [0.1, 0.15) is 11.4 Å². The molecule has 2 aromatic rings. The number of hydrogen-bond acceptors (Lipinski definition) is 5. The van der Waals surface area contributed by atoms with Gasteiger partial charge in [-0.25, -0.2) is 4.79 Å². The Morgan fingerprint density at radius 1 is 1.16 bits per heavy atom. The monoisotopic (exact) mass is 429 g/mol. The summed E-state index contributed by atoms with van der Waals surface area (Å²) in [7, 11) is 1.71. The molecule has 0 spiro atoms. The Kier molecular flexibility index (Phi) is 8.90. The highest BCUT2D eigenvalue weighted by Gasteiger charge is 2.21. The molecule has 0 saturated heterocycles. The van der Waals surface area contributed by atoms with E-state index in [1.54, 1.807) is 7.05 Å². The van der Waals surface area contributed by atoms with Gasteiger partial charge in [-0.15, -0.1) is 0 Å². The lowest BCUT2D eigenvalue weighted by Gasteiger charge is -2.25. The Morgan fingerprint density at radius 3 is 2.45 bits per heavy atom. The van der Waals surface area contributed by atoms with Crippen molar-refractivity contribution < 1.29 is 14.1 Å². The number of nitrogens with zero attached hydrogens (tertiary/aromatic N) is 2. The summed E-state index contributed by atoms with van der Waals surface area (Å²) in [6, 6.07) is 9.48. The lowest BCUT2D eigenvalue weighted by molar-refractivity contribution is 0.0504. The van der Waals surface area contributed by atoms with Gasteiger partial charge in [0.25, 0.3) is 0 Å². The van der Waals surface area contributed by atoms with Gasteiger partial charge in [-0.3, -0.25) is 4.99 Å². The molecule has 0 aliphatic heterocycles. The first kappa shape index (κ1) is 24.2. The van der Waals surface area contributed by atoms with Crippen molar-refractivity contribution in [1.82, 2.24) is 21.1 Å². The maximum Gasteiger partial charge on any atom is 0.408 e. The molecule has 1 heterocycles. The van der Waals surface area contributed by atoms with Crippen LogP contribution in [0.2, 0.25) is 0 Å². The Labute approximate surface area is 184 Å². The zero-order chi connectivity index (χ0) is 22.9. The Hall–Kier alpha value is -3.03. The van der Waals surface area contributed by atoms with Gasteiger partial charge in [-0.05, 0) is 32.8 Å². The van der Waals surface area contributed by atoms with Gasteiger partial charge >= 0.3 is 6.09 Å². The number of aryl methyl sites for hydroxylation is 2. The molecule has 1 amide bonds. The van der Waals surface area contributed by atoms with Gasteiger partial charge in [-0.1, -0.05) is 49.3 Å². The molecule has 2 rings (SSSR count). The number of aliphatic imine (C=N–C) groups is 1. The molecule has 1 aromatic carbocycles. The molecule has 31 heavy (non-hydrogen) atoms. The molecule has 1 atom stereocenters. The van der Waals surface area contributed by atoms with Crippen LogP contribution in [-0.4, -0.2) is 36.4 Å². The Bertz CT molecular complexity index is 834. The fourth-order valence-electron chi connectivity index (χ4n) is 3.12. The molecule has 0 saturated carbocycles. The second-order valence-corrected chi connectivity index (χ2v) is 8.15. The first-order chi connectivity index (χ1) is 14.8. The van der Waals surface area contributed by atoms with Crippen molar-refractivity contribution in [3.8, 4) is 0 Å². The van der Waals surface area contributed by atoms with Gasteiger partial charge < -0.3 is 25.2 Å². The maximum absolute atomic E-state index is 12.4. The van der Waals surface area contributed by atoms with Gasteiger partial charge in [-0.2, -0.15) is 0 Å². The Morgan fingerprint density at radius 2 is 1.87 bits per heavy atom. The number of ether oxygens (including phenoxy) is 1. The molecule has 0 fully saturated rings. The van der Waals surface area contributed by atoms with Crippen LogP contribution in [0.1, 0.15) is 63.2 Å². The van der Waals surface area contributed by atoms with Crippen LogP contribution in [0.25, 0.3) is 0 Å². The van der Waals surface area contributed by atoms with E-state index in [4.69, 9.17) is 9.26 Å². The van der Waals surface area contributed by atoms with E-state index >= 15 is 0 Å².